The number of pyridine rings is 1. The molecule has 1 aliphatic rings. The van der Waals surface area contributed by atoms with Crippen molar-refractivity contribution < 1.29 is 19.1 Å². The molecule has 2 amide bonds. The second-order valence-corrected chi connectivity index (χ2v) is 8.94. The first-order chi connectivity index (χ1) is 17.2. The van der Waals surface area contributed by atoms with Crippen LogP contribution < -0.4 is 25.4 Å². The van der Waals surface area contributed by atoms with Gasteiger partial charge in [-0.25, -0.2) is 4.98 Å². The highest BCUT2D eigenvalue weighted by atomic mass is 35.5. The van der Waals surface area contributed by atoms with Gasteiger partial charge in [0.05, 0.1) is 42.0 Å². The lowest BCUT2D eigenvalue weighted by molar-refractivity contribution is -0.117. The number of benzene rings is 1. The first-order valence-corrected chi connectivity index (χ1v) is 11.9. The van der Waals surface area contributed by atoms with Crippen LogP contribution in [0.2, 0.25) is 10.0 Å². The minimum atomic E-state index is -0.224. The van der Waals surface area contributed by atoms with E-state index in [9.17, 15) is 9.59 Å². The number of rotatable bonds is 10. The fourth-order valence-corrected chi connectivity index (χ4v) is 4.57. The third kappa shape index (κ3) is 5.92. The molecule has 2 aromatic rings. The molecule has 9 nitrogen and oxygen atoms in total. The summed E-state index contributed by atoms with van der Waals surface area (Å²) in [5.41, 5.74) is 2.47. The molecule has 2 heterocycles. The number of carbonyl (C=O) groups excluding carboxylic acids is 2. The number of aromatic nitrogens is 1. The lowest BCUT2D eigenvalue weighted by atomic mass is 10.0. The molecule has 3 N–H and O–H groups in total. The van der Waals surface area contributed by atoms with E-state index in [1.165, 1.54) is 25.2 Å². The largest absolute Gasteiger partial charge is 0.495 e. The summed E-state index contributed by atoms with van der Waals surface area (Å²) >= 11 is 13.2. The molecule has 1 saturated heterocycles. The first kappa shape index (κ1) is 27.3. The van der Waals surface area contributed by atoms with Gasteiger partial charge in [-0.05, 0) is 36.3 Å². The molecule has 36 heavy (non-hydrogen) atoms. The Morgan fingerprint density at radius 2 is 1.83 bits per heavy atom. The van der Waals surface area contributed by atoms with Crippen LogP contribution in [0.15, 0.2) is 31.0 Å². The molecule has 1 aromatic carbocycles. The van der Waals surface area contributed by atoms with E-state index in [4.69, 9.17) is 32.7 Å². The molecular weight excluding hydrogens is 505 g/mol. The van der Waals surface area contributed by atoms with E-state index in [2.05, 4.69) is 27.5 Å². The number of carbonyl (C=O) groups is 2. The molecule has 0 aliphatic carbocycles. The fraction of sp³-hybridized carbons (Fsp3) is 0.320. The summed E-state index contributed by atoms with van der Waals surface area (Å²) in [6, 6.07) is 3.34. The maximum absolute atomic E-state index is 11.8. The number of methoxy groups -OCH3 is 2. The quantitative estimate of drug-likeness (QED) is 0.317. The number of anilines is 1. The topological polar surface area (TPSA) is 105 Å². The molecule has 0 radical (unpaired) electrons. The van der Waals surface area contributed by atoms with E-state index in [0.717, 1.165) is 11.1 Å². The second kappa shape index (κ2) is 12.1. The van der Waals surface area contributed by atoms with Gasteiger partial charge in [0.25, 0.3) is 0 Å². The lowest BCUT2D eigenvalue weighted by Gasteiger charge is -2.22. The van der Waals surface area contributed by atoms with Gasteiger partial charge >= 0.3 is 0 Å². The van der Waals surface area contributed by atoms with Crippen LogP contribution in [0.25, 0.3) is 11.8 Å². The summed E-state index contributed by atoms with van der Waals surface area (Å²) in [4.78, 5) is 29.4. The van der Waals surface area contributed by atoms with Crippen LogP contribution in [0.5, 0.6) is 11.5 Å². The van der Waals surface area contributed by atoms with Gasteiger partial charge in [-0.3, -0.25) is 9.59 Å². The van der Waals surface area contributed by atoms with Gasteiger partial charge in [0.2, 0.25) is 12.3 Å². The number of nitrogens with one attached hydrogen (secondary N) is 3. The predicted octanol–water partition coefficient (Wildman–Crippen LogP) is 3.35. The van der Waals surface area contributed by atoms with Gasteiger partial charge in [0, 0.05) is 38.0 Å². The lowest BCUT2D eigenvalue weighted by Crippen LogP contribution is -2.45. The Hall–Kier alpha value is -3.27. The zero-order valence-electron chi connectivity index (χ0n) is 20.5. The smallest absolute Gasteiger partial charge is 0.243 e. The Balaban J connectivity index is 1.98. The molecule has 2 atom stereocenters. The van der Waals surface area contributed by atoms with Crippen molar-refractivity contribution in [2.75, 3.05) is 39.7 Å². The van der Waals surface area contributed by atoms with E-state index in [1.807, 2.05) is 13.0 Å². The van der Waals surface area contributed by atoms with Crippen molar-refractivity contribution in [1.29, 1.82) is 0 Å². The number of amides is 2. The highest BCUT2D eigenvalue weighted by Gasteiger charge is 2.28. The summed E-state index contributed by atoms with van der Waals surface area (Å²) in [6.07, 6.45) is 5.38. The van der Waals surface area contributed by atoms with Gasteiger partial charge in [-0.1, -0.05) is 29.8 Å². The number of aryl methyl sites for hydroxylation is 1. The summed E-state index contributed by atoms with van der Waals surface area (Å²) in [6.45, 7) is 6.74. The summed E-state index contributed by atoms with van der Waals surface area (Å²) in [5.74, 6) is 1.14. The standard InChI is InChI=1S/C25H29Cl2N5O4/c1-6-22(34)31-17-12-28-11-16(17)30-21-7-14(2)15(10-29-21)8-18(32(3)13-33)23-24(26)19(35-4)9-20(36-5)25(23)27/h6-10,13,16-17,28H,1,11-12H2,2-5H3,(H,29,30)(H,31,34)/b18-8-. The van der Waals surface area contributed by atoms with Gasteiger partial charge < -0.3 is 30.3 Å². The Morgan fingerprint density at radius 3 is 2.39 bits per heavy atom. The van der Waals surface area contributed by atoms with E-state index in [0.29, 0.717) is 48.1 Å². The first-order valence-electron chi connectivity index (χ1n) is 11.1. The SMILES string of the molecule is C=CC(=O)NC1CNCC1Nc1cc(C)c(/C=C(/c2c(Cl)c(OC)cc(OC)c2Cl)N(C)C=O)cn1. The van der Waals surface area contributed by atoms with Gasteiger partial charge in [0.1, 0.15) is 17.3 Å². The zero-order valence-corrected chi connectivity index (χ0v) is 22.0. The van der Waals surface area contributed by atoms with Crippen LogP contribution in [0.4, 0.5) is 5.82 Å². The van der Waals surface area contributed by atoms with Crippen LogP contribution in [0, 0.1) is 6.92 Å². The highest BCUT2D eigenvalue weighted by Crippen LogP contribution is 2.44. The molecule has 0 bridgehead atoms. The molecule has 1 fully saturated rings. The Kier molecular flexibility index (Phi) is 9.19. The van der Waals surface area contributed by atoms with Crippen LogP contribution in [-0.4, -0.2) is 68.6 Å². The monoisotopic (exact) mass is 533 g/mol. The van der Waals surface area contributed by atoms with Crippen molar-refractivity contribution in [3.8, 4) is 11.5 Å². The molecule has 192 valence electrons. The van der Waals surface area contributed by atoms with Crippen molar-refractivity contribution in [1.82, 2.24) is 20.5 Å². The number of nitrogens with zero attached hydrogens (tertiary/aromatic N) is 2. The molecule has 1 aliphatic heterocycles. The molecule has 3 rings (SSSR count). The number of halogens is 2. The van der Waals surface area contributed by atoms with Crippen LogP contribution >= 0.6 is 23.2 Å². The van der Waals surface area contributed by atoms with Crippen molar-refractivity contribution >= 4 is 53.1 Å². The number of hydrogen-bond donors (Lipinski definition) is 3. The van der Waals surface area contributed by atoms with Gasteiger partial charge in [-0.15, -0.1) is 0 Å². The third-order valence-electron chi connectivity index (χ3n) is 5.87. The molecule has 0 saturated carbocycles. The highest BCUT2D eigenvalue weighted by molar-refractivity contribution is 6.39. The Morgan fingerprint density at radius 1 is 1.19 bits per heavy atom. The molecular formula is C25H29Cl2N5O4. The van der Waals surface area contributed by atoms with Crippen molar-refractivity contribution in [2.24, 2.45) is 0 Å². The van der Waals surface area contributed by atoms with E-state index >= 15 is 0 Å². The average molecular weight is 534 g/mol. The summed E-state index contributed by atoms with van der Waals surface area (Å²) in [7, 11) is 4.57. The fourth-order valence-electron chi connectivity index (χ4n) is 3.88. The minimum absolute atomic E-state index is 0.0409. The van der Waals surface area contributed by atoms with Crippen molar-refractivity contribution in [3.63, 3.8) is 0 Å². The zero-order chi connectivity index (χ0) is 26.4. The van der Waals surface area contributed by atoms with Crippen molar-refractivity contribution in [2.45, 2.75) is 19.0 Å². The minimum Gasteiger partial charge on any atom is -0.495 e. The summed E-state index contributed by atoms with van der Waals surface area (Å²) < 4.78 is 10.8. The summed E-state index contributed by atoms with van der Waals surface area (Å²) in [5, 5.41) is 10.0. The molecule has 2 unspecified atom stereocenters. The van der Waals surface area contributed by atoms with Crippen molar-refractivity contribution in [3.05, 3.63) is 57.7 Å². The average Bonchev–Trinajstić information content (AvgIpc) is 3.30. The molecule has 11 heteroatoms. The Bertz CT molecular complexity index is 1160. The molecule has 1 aromatic heterocycles. The maximum atomic E-state index is 11.8. The predicted molar refractivity (Wildman–Crippen MR) is 143 cm³/mol. The second-order valence-electron chi connectivity index (χ2n) is 8.18. The van der Waals surface area contributed by atoms with Crippen LogP contribution in [-0.2, 0) is 9.59 Å². The van der Waals surface area contributed by atoms with E-state index in [1.54, 1.807) is 25.4 Å². The van der Waals surface area contributed by atoms with Crippen LogP contribution in [0.1, 0.15) is 16.7 Å². The van der Waals surface area contributed by atoms with Crippen LogP contribution in [0.3, 0.4) is 0 Å². The van der Waals surface area contributed by atoms with E-state index in [-0.39, 0.29) is 28.0 Å². The Labute approximate surface area is 220 Å². The maximum Gasteiger partial charge on any atom is 0.243 e. The van der Waals surface area contributed by atoms with E-state index < -0.39 is 0 Å². The number of ether oxygens (including phenoxy) is 2. The van der Waals surface area contributed by atoms with Gasteiger partial charge in [-0.2, -0.15) is 0 Å². The van der Waals surface area contributed by atoms with Gasteiger partial charge in [0.15, 0.2) is 0 Å². The molecule has 0 spiro atoms. The normalized spacial score (nSPS) is 17.3. The number of hydrogen-bond acceptors (Lipinski definition) is 7. The third-order valence-corrected chi connectivity index (χ3v) is 6.62.